The summed E-state index contributed by atoms with van der Waals surface area (Å²) in [6, 6.07) is 0. The molecule has 3 rings (SSSR count). The Morgan fingerprint density at radius 2 is 1.96 bits per heavy atom. The van der Waals surface area contributed by atoms with E-state index in [1.165, 1.54) is 6.92 Å². The molecular formula is C14H18O10S2. The van der Waals surface area contributed by atoms with Gasteiger partial charge in [0.15, 0.2) is 0 Å². The standard InChI is InChI=1S/C14H18O10S2/c1-6(2)13(15)23-10-7-5-8-11(10)24-26(20,21)12(8)9(7)14(16)22-3-4-25(17,18)19/h7-12H,1,3-5H2,2H3,(H,17,18,19). The van der Waals surface area contributed by atoms with E-state index in [1.54, 1.807) is 0 Å². The zero-order chi connectivity index (χ0) is 19.4. The number of fused-ring (bicyclic) bond motifs is 1. The van der Waals surface area contributed by atoms with Gasteiger partial charge in [0, 0.05) is 17.4 Å². The van der Waals surface area contributed by atoms with Crippen LogP contribution in [0.4, 0.5) is 0 Å². The summed E-state index contributed by atoms with van der Waals surface area (Å²) < 4.78 is 69.9. The van der Waals surface area contributed by atoms with Crippen LogP contribution in [0.3, 0.4) is 0 Å². The van der Waals surface area contributed by atoms with Crippen LogP contribution in [0.2, 0.25) is 0 Å². The molecule has 1 N–H and O–H groups in total. The van der Waals surface area contributed by atoms with Crippen LogP contribution in [-0.2, 0) is 43.5 Å². The Bertz CT molecular complexity index is 858. The fraction of sp³-hybridized carbons (Fsp3) is 0.714. The molecule has 0 spiro atoms. The van der Waals surface area contributed by atoms with Gasteiger partial charge in [-0.1, -0.05) is 6.58 Å². The quantitative estimate of drug-likeness (QED) is 0.257. The van der Waals surface area contributed by atoms with Crippen LogP contribution < -0.4 is 0 Å². The summed E-state index contributed by atoms with van der Waals surface area (Å²) in [7, 11) is -8.37. The van der Waals surface area contributed by atoms with Crippen LogP contribution in [0.1, 0.15) is 13.3 Å². The number of carbonyl (C=O) groups excluding carboxylic acids is 2. The van der Waals surface area contributed by atoms with Gasteiger partial charge in [-0.2, -0.15) is 16.8 Å². The normalized spacial score (nSPS) is 36.7. The number of ether oxygens (including phenoxy) is 2. The van der Waals surface area contributed by atoms with Gasteiger partial charge in [-0.15, -0.1) is 0 Å². The van der Waals surface area contributed by atoms with E-state index in [4.69, 9.17) is 18.2 Å². The Morgan fingerprint density at radius 1 is 1.31 bits per heavy atom. The molecule has 2 saturated carbocycles. The van der Waals surface area contributed by atoms with Crippen LogP contribution in [0.25, 0.3) is 0 Å². The third-order valence-corrected chi connectivity index (χ3v) is 7.46. The molecule has 0 radical (unpaired) electrons. The summed E-state index contributed by atoms with van der Waals surface area (Å²) in [5, 5.41) is -1.12. The smallest absolute Gasteiger partial charge is 0.333 e. The van der Waals surface area contributed by atoms with Crippen LogP contribution in [0.15, 0.2) is 12.2 Å². The van der Waals surface area contributed by atoms with Crippen molar-refractivity contribution in [3.05, 3.63) is 12.2 Å². The van der Waals surface area contributed by atoms with Crippen molar-refractivity contribution in [2.45, 2.75) is 30.8 Å². The summed E-state index contributed by atoms with van der Waals surface area (Å²) in [5.41, 5.74) is 0.123. The molecule has 2 aliphatic carbocycles. The molecule has 1 saturated heterocycles. The maximum atomic E-state index is 12.4. The third-order valence-electron chi connectivity index (χ3n) is 4.98. The van der Waals surface area contributed by atoms with Gasteiger partial charge in [-0.05, 0) is 13.3 Å². The monoisotopic (exact) mass is 410 g/mol. The summed E-state index contributed by atoms with van der Waals surface area (Å²) >= 11 is 0. The van der Waals surface area contributed by atoms with Crippen molar-refractivity contribution in [1.82, 2.24) is 0 Å². The molecule has 146 valence electrons. The Labute approximate surface area is 150 Å². The second kappa shape index (κ2) is 6.29. The van der Waals surface area contributed by atoms with Crippen molar-refractivity contribution in [3.63, 3.8) is 0 Å². The number of carbonyl (C=O) groups is 2. The first-order valence-corrected chi connectivity index (χ1v) is 10.9. The van der Waals surface area contributed by atoms with Gasteiger partial charge in [-0.25, -0.2) is 4.79 Å². The van der Waals surface area contributed by atoms with E-state index in [2.05, 4.69) is 6.58 Å². The summed E-state index contributed by atoms with van der Waals surface area (Å²) in [5.74, 6) is -4.70. The van der Waals surface area contributed by atoms with Crippen molar-refractivity contribution < 1.29 is 44.6 Å². The van der Waals surface area contributed by atoms with Crippen molar-refractivity contribution in [1.29, 1.82) is 0 Å². The number of hydrogen-bond donors (Lipinski definition) is 1. The molecule has 6 atom stereocenters. The first-order valence-electron chi connectivity index (χ1n) is 7.83. The minimum atomic E-state index is -4.32. The lowest BCUT2D eigenvalue weighted by atomic mass is 9.84. The summed E-state index contributed by atoms with van der Waals surface area (Å²) in [6.45, 7) is 4.28. The average Bonchev–Trinajstić information content (AvgIpc) is 3.07. The minimum Gasteiger partial charge on any atom is -0.464 e. The summed E-state index contributed by atoms with van der Waals surface area (Å²) in [6.07, 6.45) is -1.47. The molecule has 3 fully saturated rings. The molecule has 6 unspecified atom stereocenters. The van der Waals surface area contributed by atoms with Gasteiger partial charge in [0.1, 0.15) is 29.8 Å². The number of rotatable bonds is 6. The van der Waals surface area contributed by atoms with Gasteiger partial charge >= 0.3 is 11.9 Å². The number of hydrogen-bond acceptors (Lipinski definition) is 9. The third kappa shape index (κ3) is 3.26. The van der Waals surface area contributed by atoms with Crippen LogP contribution >= 0.6 is 0 Å². The van der Waals surface area contributed by atoms with Crippen molar-refractivity contribution >= 4 is 32.2 Å². The molecule has 0 aromatic heterocycles. The van der Waals surface area contributed by atoms with Gasteiger partial charge in [0.25, 0.3) is 20.2 Å². The molecule has 26 heavy (non-hydrogen) atoms. The maximum absolute atomic E-state index is 12.4. The molecule has 10 nitrogen and oxygen atoms in total. The molecule has 2 bridgehead atoms. The van der Waals surface area contributed by atoms with E-state index < -0.39 is 79.7 Å². The van der Waals surface area contributed by atoms with E-state index in [9.17, 15) is 26.4 Å². The summed E-state index contributed by atoms with van der Waals surface area (Å²) in [4.78, 5) is 24.2. The van der Waals surface area contributed by atoms with E-state index in [0.717, 1.165) is 0 Å². The molecule has 0 amide bonds. The molecule has 12 heteroatoms. The Hall–Kier alpha value is -1.50. The lowest BCUT2D eigenvalue weighted by Crippen LogP contribution is -2.46. The average molecular weight is 410 g/mol. The van der Waals surface area contributed by atoms with E-state index in [1.807, 2.05) is 0 Å². The van der Waals surface area contributed by atoms with Crippen LogP contribution in [-0.4, -0.2) is 63.1 Å². The zero-order valence-electron chi connectivity index (χ0n) is 13.7. The van der Waals surface area contributed by atoms with Gasteiger partial charge < -0.3 is 9.47 Å². The van der Waals surface area contributed by atoms with E-state index in [-0.39, 0.29) is 5.57 Å². The highest BCUT2D eigenvalue weighted by Gasteiger charge is 2.72. The second-order valence-electron chi connectivity index (χ2n) is 6.71. The predicted octanol–water partition coefficient (Wildman–Crippen LogP) is -0.732. The Balaban J connectivity index is 1.80. The largest absolute Gasteiger partial charge is 0.464 e. The Kier molecular flexibility index (Phi) is 4.66. The maximum Gasteiger partial charge on any atom is 0.333 e. The lowest BCUT2D eigenvalue weighted by Gasteiger charge is -2.30. The van der Waals surface area contributed by atoms with Crippen LogP contribution in [0, 0.1) is 17.8 Å². The van der Waals surface area contributed by atoms with Gasteiger partial charge in [0.2, 0.25) is 0 Å². The van der Waals surface area contributed by atoms with Crippen molar-refractivity contribution in [3.8, 4) is 0 Å². The topological polar surface area (TPSA) is 150 Å². The predicted molar refractivity (Wildman–Crippen MR) is 84.7 cm³/mol. The van der Waals surface area contributed by atoms with Crippen molar-refractivity contribution in [2.75, 3.05) is 12.4 Å². The molecular weight excluding hydrogens is 392 g/mol. The highest BCUT2D eigenvalue weighted by molar-refractivity contribution is 7.87. The van der Waals surface area contributed by atoms with E-state index >= 15 is 0 Å². The van der Waals surface area contributed by atoms with E-state index in [0.29, 0.717) is 6.42 Å². The van der Waals surface area contributed by atoms with Crippen LogP contribution in [0.5, 0.6) is 0 Å². The molecule has 3 aliphatic rings. The molecule has 1 aliphatic heterocycles. The Morgan fingerprint density at radius 3 is 2.54 bits per heavy atom. The van der Waals surface area contributed by atoms with Gasteiger partial charge in [-0.3, -0.25) is 13.5 Å². The lowest BCUT2D eigenvalue weighted by molar-refractivity contribution is -0.160. The zero-order valence-corrected chi connectivity index (χ0v) is 15.4. The SMILES string of the molecule is C=C(C)C(=O)OC1C2CC3C1OS(=O)(=O)C3C2C(=O)OCCS(=O)(=O)O. The molecule has 0 aromatic carbocycles. The fourth-order valence-electron chi connectivity index (χ4n) is 4.02. The number of esters is 2. The second-order valence-corrected chi connectivity index (χ2v) is 10.0. The minimum absolute atomic E-state index is 0.123. The highest BCUT2D eigenvalue weighted by atomic mass is 32.2. The fourth-order valence-corrected chi connectivity index (χ4v) is 6.37. The first kappa shape index (κ1) is 19.3. The molecule has 1 heterocycles. The molecule has 0 aromatic rings. The van der Waals surface area contributed by atoms with Crippen molar-refractivity contribution in [2.24, 2.45) is 17.8 Å². The highest BCUT2D eigenvalue weighted by Crippen LogP contribution is 2.58. The van der Waals surface area contributed by atoms with Gasteiger partial charge in [0.05, 0.1) is 5.92 Å². The first-order chi connectivity index (χ1) is 11.9.